The predicted octanol–water partition coefficient (Wildman–Crippen LogP) is 0.683. The first-order valence-electron chi connectivity index (χ1n) is 8.38. The van der Waals surface area contributed by atoms with Gasteiger partial charge in [0.25, 0.3) is 0 Å². The Hall–Kier alpha value is -1.04. The van der Waals surface area contributed by atoms with Crippen LogP contribution in [-0.2, 0) is 9.47 Å². The summed E-state index contributed by atoms with van der Waals surface area (Å²) in [6.45, 7) is 0.877. The van der Waals surface area contributed by atoms with Crippen molar-refractivity contribution >= 4 is 0 Å². The summed E-state index contributed by atoms with van der Waals surface area (Å²) in [6.07, 6.45) is 6.40. The minimum absolute atomic E-state index is 0.0918. The van der Waals surface area contributed by atoms with Crippen LogP contribution in [0.25, 0.3) is 0 Å². The third kappa shape index (κ3) is 1.25. The number of ether oxygens (including phenoxy) is 2. The van der Waals surface area contributed by atoms with E-state index in [2.05, 4.69) is 11.4 Å². The molecule has 4 fully saturated rings. The van der Waals surface area contributed by atoms with Gasteiger partial charge in [0.15, 0.2) is 5.76 Å². The summed E-state index contributed by atoms with van der Waals surface area (Å²) >= 11 is 0. The molecule has 0 aromatic heterocycles. The number of hydrogen-bond acceptors (Lipinski definition) is 5. The van der Waals surface area contributed by atoms with Gasteiger partial charge in [0.1, 0.15) is 11.9 Å². The largest absolute Gasteiger partial charge is 0.493 e. The summed E-state index contributed by atoms with van der Waals surface area (Å²) in [5, 5.41) is 25.8. The lowest BCUT2D eigenvalue weighted by atomic mass is 9.44. The molecule has 120 valence electrons. The maximum atomic E-state index is 11.6. The van der Waals surface area contributed by atoms with Crippen LogP contribution in [0.2, 0.25) is 0 Å². The molecule has 2 saturated carbocycles. The summed E-state index contributed by atoms with van der Waals surface area (Å²) < 4.78 is 11.8. The first-order valence-corrected chi connectivity index (χ1v) is 8.38. The highest BCUT2D eigenvalue weighted by Gasteiger charge is 2.75. The number of nitrogens with one attached hydrogen (secondary N) is 1. The summed E-state index contributed by atoms with van der Waals surface area (Å²) in [4.78, 5) is 0. The van der Waals surface area contributed by atoms with E-state index in [1.54, 1.807) is 7.11 Å². The van der Waals surface area contributed by atoms with Gasteiger partial charge in [-0.15, -0.1) is 0 Å². The molecule has 22 heavy (non-hydrogen) atoms. The average molecular weight is 305 g/mol. The average Bonchev–Trinajstić information content (AvgIpc) is 2.85. The maximum absolute atomic E-state index is 11.6. The number of methoxy groups -OCH3 is 1. The van der Waals surface area contributed by atoms with Crippen LogP contribution in [0, 0.1) is 17.3 Å². The standard InChI is InChI=1S/C17H23NO4/c1-21-11-3-2-9-8-12-17(20)5-4-10(19)15-16(17,6-7-18-12)13(9)14(11)22-15/h2-3,9-10,12-13,15,18-20H,4-8H2,1H3/t9?,10?,12-,13?,15+,16+,17-/m1/s1. The molecular weight excluding hydrogens is 282 g/mol. The Morgan fingerprint density at radius 2 is 2.27 bits per heavy atom. The lowest BCUT2D eigenvalue weighted by molar-refractivity contribution is -0.242. The van der Waals surface area contributed by atoms with Crippen LogP contribution in [0.3, 0.4) is 0 Å². The van der Waals surface area contributed by atoms with Crippen LogP contribution >= 0.6 is 0 Å². The van der Waals surface area contributed by atoms with E-state index in [-0.39, 0.29) is 23.5 Å². The molecular formula is C17H23NO4. The van der Waals surface area contributed by atoms with E-state index in [9.17, 15) is 10.2 Å². The van der Waals surface area contributed by atoms with Crippen molar-refractivity contribution in [2.24, 2.45) is 17.3 Å². The van der Waals surface area contributed by atoms with E-state index in [0.717, 1.165) is 30.9 Å². The highest BCUT2D eigenvalue weighted by molar-refractivity contribution is 5.38. The second-order valence-electron chi connectivity index (χ2n) is 7.53. The normalized spacial score (nSPS) is 54.8. The van der Waals surface area contributed by atoms with Crippen LogP contribution in [0.1, 0.15) is 25.7 Å². The monoisotopic (exact) mass is 305 g/mol. The smallest absolute Gasteiger partial charge is 0.156 e. The molecule has 3 aliphatic carbocycles. The van der Waals surface area contributed by atoms with Crippen LogP contribution in [0.4, 0.5) is 0 Å². The Morgan fingerprint density at radius 3 is 3.09 bits per heavy atom. The van der Waals surface area contributed by atoms with E-state index >= 15 is 0 Å². The van der Waals surface area contributed by atoms with Gasteiger partial charge in [-0.2, -0.15) is 0 Å². The van der Waals surface area contributed by atoms with Gasteiger partial charge in [0, 0.05) is 12.0 Å². The van der Waals surface area contributed by atoms with Crippen molar-refractivity contribution in [2.45, 2.75) is 49.5 Å². The molecule has 7 atom stereocenters. The molecule has 5 heteroatoms. The molecule has 5 rings (SSSR count). The van der Waals surface area contributed by atoms with Gasteiger partial charge in [0.2, 0.25) is 0 Å². The Bertz CT molecular complexity index is 587. The zero-order valence-corrected chi connectivity index (χ0v) is 12.8. The van der Waals surface area contributed by atoms with Crippen LogP contribution in [0.5, 0.6) is 0 Å². The van der Waals surface area contributed by atoms with Crippen molar-refractivity contribution in [3.63, 3.8) is 0 Å². The zero-order chi connectivity index (χ0) is 15.1. The molecule has 2 aliphatic heterocycles. The van der Waals surface area contributed by atoms with Crippen molar-refractivity contribution in [3.05, 3.63) is 23.7 Å². The molecule has 0 aromatic carbocycles. The van der Waals surface area contributed by atoms with Crippen LogP contribution in [0.15, 0.2) is 23.7 Å². The van der Waals surface area contributed by atoms with Crippen LogP contribution in [-0.4, -0.2) is 47.7 Å². The fraction of sp³-hybridized carbons (Fsp3) is 0.765. The predicted molar refractivity (Wildman–Crippen MR) is 78.7 cm³/mol. The highest BCUT2D eigenvalue weighted by atomic mass is 16.5. The summed E-state index contributed by atoms with van der Waals surface area (Å²) in [5.74, 6) is 2.11. The second-order valence-corrected chi connectivity index (χ2v) is 7.53. The minimum atomic E-state index is -0.790. The number of allylic oxidation sites excluding steroid dienone is 3. The molecule has 2 bridgehead atoms. The number of aliphatic hydroxyl groups is 2. The van der Waals surface area contributed by atoms with Crippen molar-refractivity contribution in [3.8, 4) is 0 Å². The van der Waals surface area contributed by atoms with Gasteiger partial charge in [-0.05, 0) is 44.2 Å². The van der Waals surface area contributed by atoms with Gasteiger partial charge >= 0.3 is 0 Å². The summed E-state index contributed by atoms with van der Waals surface area (Å²) in [7, 11) is 1.66. The molecule has 5 aliphatic rings. The van der Waals surface area contributed by atoms with Gasteiger partial charge in [-0.1, -0.05) is 6.08 Å². The topological polar surface area (TPSA) is 71.0 Å². The van der Waals surface area contributed by atoms with E-state index in [1.807, 2.05) is 6.08 Å². The molecule has 1 spiro atoms. The van der Waals surface area contributed by atoms with Crippen molar-refractivity contribution in [1.29, 1.82) is 0 Å². The quantitative estimate of drug-likeness (QED) is 0.665. The molecule has 2 saturated heterocycles. The van der Waals surface area contributed by atoms with Crippen LogP contribution < -0.4 is 5.32 Å². The third-order valence-corrected chi connectivity index (χ3v) is 6.98. The molecule has 3 N–H and O–H groups in total. The third-order valence-electron chi connectivity index (χ3n) is 6.98. The highest BCUT2D eigenvalue weighted by Crippen LogP contribution is 2.68. The number of hydrogen-bond donors (Lipinski definition) is 3. The first kappa shape index (κ1) is 13.4. The molecule has 0 amide bonds. The van der Waals surface area contributed by atoms with Gasteiger partial charge in [0.05, 0.1) is 24.2 Å². The maximum Gasteiger partial charge on any atom is 0.156 e. The van der Waals surface area contributed by atoms with Crippen molar-refractivity contribution in [1.82, 2.24) is 5.32 Å². The SMILES string of the molecule is COC1=C2O[C@H]3C(O)CC[C@@]4(O)[C@H]5CC(C=C1)C2[C@@]34CCN5. The Morgan fingerprint density at radius 1 is 1.41 bits per heavy atom. The summed E-state index contributed by atoms with van der Waals surface area (Å²) in [6, 6.07) is 0.0918. The van der Waals surface area contributed by atoms with Gasteiger partial charge in [-0.25, -0.2) is 0 Å². The lowest BCUT2D eigenvalue weighted by Gasteiger charge is -2.64. The fourth-order valence-corrected chi connectivity index (χ4v) is 6.18. The first-order chi connectivity index (χ1) is 10.6. The minimum Gasteiger partial charge on any atom is -0.493 e. The van der Waals surface area contributed by atoms with E-state index < -0.39 is 11.7 Å². The van der Waals surface area contributed by atoms with Gasteiger partial charge < -0.3 is 25.0 Å². The molecule has 0 aromatic rings. The Kier molecular flexibility index (Phi) is 2.48. The lowest BCUT2D eigenvalue weighted by Crippen LogP contribution is -2.76. The molecule has 0 radical (unpaired) electrons. The fourth-order valence-electron chi connectivity index (χ4n) is 6.18. The van der Waals surface area contributed by atoms with E-state index in [4.69, 9.17) is 9.47 Å². The number of rotatable bonds is 1. The van der Waals surface area contributed by atoms with E-state index in [0.29, 0.717) is 18.8 Å². The zero-order valence-electron chi connectivity index (χ0n) is 12.8. The Balaban J connectivity index is 1.75. The van der Waals surface area contributed by atoms with Gasteiger partial charge in [-0.3, -0.25) is 0 Å². The second kappa shape index (κ2) is 4.08. The number of piperidine rings is 1. The molecule has 5 nitrogen and oxygen atoms in total. The molecule has 3 unspecified atom stereocenters. The summed E-state index contributed by atoms with van der Waals surface area (Å²) in [5.41, 5.74) is -1.17. The molecule has 2 heterocycles. The number of aliphatic hydroxyl groups excluding tert-OH is 1. The van der Waals surface area contributed by atoms with Crippen molar-refractivity contribution < 1.29 is 19.7 Å². The van der Waals surface area contributed by atoms with Crippen molar-refractivity contribution in [2.75, 3.05) is 13.7 Å². The Labute approximate surface area is 130 Å². The van der Waals surface area contributed by atoms with E-state index in [1.165, 1.54) is 0 Å².